The molecule has 178 valence electrons. The van der Waals surface area contributed by atoms with Crippen LogP contribution in [0.15, 0.2) is 60.9 Å². The molecule has 0 spiro atoms. The van der Waals surface area contributed by atoms with Crippen molar-refractivity contribution in [2.45, 2.75) is 20.1 Å². The van der Waals surface area contributed by atoms with Crippen LogP contribution in [-0.2, 0) is 13.2 Å². The van der Waals surface area contributed by atoms with Gasteiger partial charge in [-0.25, -0.2) is 4.39 Å². The molecular weight excluding hydrogens is 457 g/mol. The molecule has 6 nitrogen and oxygen atoms in total. The van der Waals surface area contributed by atoms with Crippen LogP contribution in [0.25, 0.3) is 0 Å². The molecule has 34 heavy (non-hydrogen) atoms. The molecular formula is C26H27ClFN3O3. The highest BCUT2D eigenvalue weighted by Gasteiger charge is 2.23. The Hall–Kier alpha value is -3.16. The number of ether oxygens (including phenoxy) is 2. The molecule has 4 rings (SSSR count). The maximum absolute atomic E-state index is 13.3. The highest BCUT2D eigenvalue weighted by atomic mass is 35.5. The van der Waals surface area contributed by atoms with E-state index in [4.69, 9.17) is 21.1 Å². The molecule has 1 aliphatic heterocycles. The van der Waals surface area contributed by atoms with E-state index in [1.54, 1.807) is 36.7 Å². The summed E-state index contributed by atoms with van der Waals surface area (Å²) in [4.78, 5) is 21.3. The van der Waals surface area contributed by atoms with Crippen molar-refractivity contribution >= 4 is 17.5 Å². The first kappa shape index (κ1) is 24.0. The number of carbonyl (C=O) groups excluding carboxylic acids is 1. The first-order valence-electron chi connectivity index (χ1n) is 11.3. The Labute approximate surface area is 203 Å². The molecule has 2 heterocycles. The normalized spacial score (nSPS) is 14.1. The molecule has 0 bridgehead atoms. The Morgan fingerprint density at radius 2 is 1.88 bits per heavy atom. The summed E-state index contributed by atoms with van der Waals surface area (Å²) in [6, 6.07) is 13.6. The van der Waals surface area contributed by atoms with Crippen molar-refractivity contribution in [1.82, 2.24) is 14.8 Å². The Morgan fingerprint density at radius 3 is 2.59 bits per heavy atom. The predicted octanol–water partition coefficient (Wildman–Crippen LogP) is 4.81. The summed E-state index contributed by atoms with van der Waals surface area (Å²) in [6.45, 7) is 5.97. The van der Waals surface area contributed by atoms with E-state index >= 15 is 0 Å². The Bertz CT molecular complexity index is 1120. The number of hydrogen-bond acceptors (Lipinski definition) is 5. The summed E-state index contributed by atoms with van der Waals surface area (Å²) in [5, 5.41) is 0.424. The van der Waals surface area contributed by atoms with Gasteiger partial charge in [0.1, 0.15) is 12.4 Å². The predicted molar refractivity (Wildman–Crippen MR) is 129 cm³/mol. The zero-order valence-electron chi connectivity index (χ0n) is 19.0. The third-order valence-corrected chi connectivity index (χ3v) is 6.03. The lowest BCUT2D eigenvalue weighted by atomic mass is 10.1. The fourth-order valence-corrected chi connectivity index (χ4v) is 4.08. The van der Waals surface area contributed by atoms with E-state index < -0.39 is 0 Å². The van der Waals surface area contributed by atoms with Crippen molar-refractivity contribution in [3.8, 4) is 11.5 Å². The van der Waals surface area contributed by atoms with Crippen LogP contribution in [0.2, 0.25) is 5.02 Å². The van der Waals surface area contributed by atoms with Gasteiger partial charge in [0.05, 0.1) is 6.61 Å². The van der Waals surface area contributed by atoms with E-state index in [-0.39, 0.29) is 11.7 Å². The van der Waals surface area contributed by atoms with E-state index in [1.807, 2.05) is 24.0 Å². The van der Waals surface area contributed by atoms with Crippen molar-refractivity contribution in [2.75, 3.05) is 32.8 Å². The van der Waals surface area contributed by atoms with Gasteiger partial charge < -0.3 is 14.4 Å². The lowest BCUT2D eigenvalue weighted by Gasteiger charge is -2.35. The van der Waals surface area contributed by atoms with Gasteiger partial charge in [-0.3, -0.25) is 14.7 Å². The van der Waals surface area contributed by atoms with Crippen LogP contribution in [0.4, 0.5) is 4.39 Å². The number of nitrogens with zero attached hydrogens (tertiary/aromatic N) is 3. The number of aromatic nitrogens is 1. The van der Waals surface area contributed by atoms with Crippen LogP contribution in [-0.4, -0.2) is 53.5 Å². The van der Waals surface area contributed by atoms with Gasteiger partial charge in [0.25, 0.3) is 5.91 Å². The Kier molecular flexibility index (Phi) is 7.98. The van der Waals surface area contributed by atoms with Crippen LogP contribution in [0.1, 0.15) is 28.4 Å². The number of piperazine rings is 1. The molecule has 1 aromatic heterocycles. The molecule has 0 saturated carbocycles. The summed E-state index contributed by atoms with van der Waals surface area (Å²) in [5.41, 5.74) is 2.39. The number of pyridine rings is 1. The van der Waals surface area contributed by atoms with Crippen molar-refractivity contribution in [2.24, 2.45) is 0 Å². The molecule has 0 aliphatic carbocycles. The molecule has 0 radical (unpaired) electrons. The lowest BCUT2D eigenvalue weighted by Crippen LogP contribution is -2.48. The zero-order chi connectivity index (χ0) is 23.9. The number of rotatable bonds is 8. The highest BCUT2D eigenvalue weighted by Crippen LogP contribution is 2.30. The van der Waals surface area contributed by atoms with E-state index in [0.29, 0.717) is 68.0 Å². The molecule has 1 saturated heterocycles. The lowest BCUT2D eigenvalue weighted by molar-refractivity contribution is 0.0628. The molecule has 1 aliphatic rings. The maximum atomic E-state index is 13.3. The molecule has 3 aromatic rings. The van der Waals surface area contributed by atoms with Gasteiger partial charge in [-0.2, -0.15) is 0 Å². The minimum Gasteiger partial charge on any atom is -0.490 e. The molecule has 2 aromatic carbocycles. The van der Waals surface area contributed by atoms with Gasteiger partial charge in [-0.15, -0.1) is 0 Å². The summed E-state index contributed by atoms with van der Waals surface area (Å²) >= 11 is 6.16. The topological polar surface area (TPSA) is 54.9 Å². The molecule has 1 amide bonds. The average Bonchev–Trinajstić information content (AvgIpc) is 2.86. The fourth-order valence-electron chi connectivity index (χ4n) is 3.86. The second-order valence-corrected chi connectivity index (χ2v) is 8.46. The van der Waals surface area contributed by atoms with Gasteiger partial charge in [-0.1, -0.05) is 23.7 Å². The van der Waals surface area contributed by atoms with Gasteiger partial charge in [0.2, 0.25) is 0 Å². The van der Waals surface area contributed by atoms with Crippen molar-refractivity contribution in [3.05, 3.63) is 88.5 Å². The quantitative estimate of drug-likeness (QED) is 0.460. The van der Waals surface area contributed by atoms with Crippen LogP contribution in [0.5, 0.6) is 11.5 Å². The van der Waals surface area contributed by atoms with Crippen molar-refractivity contribution in [1.29, 1.82) is 0 Å². The van der Waals surface area contributed by atoms with Crippen molar-refractivity contribution < 1.29 is 18.7 Å². The Morgan fingerprint density at radius 1 is 1.06 bits per heavy atom. The third-order valence-electron chi connectivity index (χ3n) is 5.68. The van der Waals surface area contributed by atoms with Gasteiger partial charge in [0.15, 0.2) is 11.5 Å². The third kappa shape index (κ3) is 6.04. The summed E-state index contributed by atoms with van der Waals surface area (Å²) in [7, 11) is 0. The smallest absolute Gasteiger partial charge is 0.254 e. The van der Waals surface area contributed by atoms with Crippen LogP contribution in [0.3, 0.4) is 0 Å². The van der Waals surface area contributed by atoms with E-state index in [2.05, 4.69) is 9.88 Å². The number of hydrogen-bond donors (Lipinski definition) is 0. The van der Waals surface area contributed by atoms with Gasteiger partial charge in [-0.05, 0) is 48.9 Å². The molecule has 0 unspecified atom stereocenters. The number of halogens is 2. The second-order valence-electron chi connectivity index (χ2n) is 8.05. The number of benzene rings is 2. The fraction of sp³-hybridized carbons (Fsp3) is 0.308. The minimum atomic E-state index is -0.343. The van der Waals surface area contributed by atoms with Gasteiger partial charge >= 0.3 is 0 Å². The molecule has 0 N–H and O–H groups in total. The first-order valence-corrected chi connectivity index (χ1v) is 11.7. The molecule has 0 atom stereocenters. The highest BCUT2D eigenvalue weighted by molar-refractivity contribution is 6.31. The second kappa shape index (κ2) is 11.3. The van der Waals surface area contributed by atoms with Crippen LogP contribution in [0, 0.1) is 5.82 Å². The Balaban J connectivity index is 1.37. The summed E-state index contributed by atoms with van der Waals surface area (Å²) in [5.74, 6) is 0.744. The standard InChI is InChI=1S/C26H27ClFN3O3/c1-2-33-25-14-20(6-8-24(25)34-18-19-4-3-9-29-16-19)26(32)31-12-10-30(11-13-31)17-21-5-7-22(28)15-23(21)27/h3-9,14-16H,2,10-13,17-18H2,1H3. The van der Waals surface area contributed by atoms with E-state index in [1.165, 1.54) is 12.1 Å². The summed E-state index contributed by atoms with van der Waals surface area (Å²) in [6.07, 6.45) is 3.47. The van der Waals surface area contributed by atoms with E-state index in [9.17, 15) is 9.18 Å². The average molecular weight is 484 g/mol. The summed E-state index contributed by atoms with van der Waals surface area (Å²) < 4.78 is 24.9. The van der Waals surface area contributed by atoms with Crippen LogP contribution < -0.4 is 9.47 Å². The largest absolute Gasteiger partial charge is 0.490 e. The maximum Gasteiger partial charge on any atom is 0.254 e. The monoisotopic (exact) mass is 483 g/mol. The number of carbonyl (C=O) groups is 1. The zero-order valence-corrected chi connectivity index (χ0v) is 19.8. The number of amides is 1. The van der Waals surface area contributed by atoms with Gasteiger partial charge in [0, 0.05) is 61.3 Å². The SMILES string of the molecule is CCOc1cc(C(=O)N2CCN(Cc3ccc(F)cc3Cl)CC2)ccc1OCc1cccnc1. The van der Waals surface area contributed by atoms with Crippen LogP contribution >= 0.6 is 11.6 Å². The van der Waals surface area contributed by atoms with E-state index in [0.717, 1.165) is 11.1 Å². The molecule has 8 heteroatoms. The first-order chi connectivity index (χ1) is 16.5. The van der Waals surface area contributed by atoms with Crippen molar-refractivity contribution in [3.63, 3.8) is 0 Å². The minimum absolute atomic E-state index is 0.0424. The molecule has 1 fully saturated rings.